The zero-order valence-corrected chi connectivity index (χ0v) is 12.2. The molecule has 0 saturated carbocycles. The van der Waals surface area contributed by atoms with Crippen molar-refractivity contribution in [1.29, 1.82) is 0 Å². The van der Waals surface area contributed by atoms with E-state index in [0.29, 0.717) is 16.7 Å². The van der Waals surface area contributed by atoms with E-state index in [2.05, 4.69) is 11.9 Å². The second-order valence-corrected chi connectivity index (χ2v) is 5.03. The minimum atomic E-state index is 0.582. The number of ether oxygens (including phenoxy) is 1. The van der Waals surface area contributed by atoms with Crippen molar-refractivity contribution in [2.24, 2.45) is 0 Å². The van der Waals surface area contributed by atoms with E-state index in [4.69, 9.17) is 27.9 Å². The van der Waals surface area contributed by atoms with Crippen molar-refractivity contribution in [2.45, 2.75) is 19.8 Å². The number of halogens is 2. The molecule has 1 aromatic carbocycles. The molecule has 0 radical (unpaired) electrons. The summed E-state index contributed by atoms with van der Waals surface area (Å²) in [4.78, 5) is 0. The summed E-state index contributed by atoms with van der Waals surface area (Å²) >= 11 is 12.0. The van der Waals surface area contributed by atoms with Crippen LogP contribution in [0, 0.1) is 6.92 Å². The molecule has 1 rings (SSSR count). The van der Waals surface area contributed by atoms with Crippen LogP contribution in [0.4, 0.5) is 0 Å². The molecule has 0 aliphatic rings. The van der Waals surface area contributed by atoms with Gasteiger partial charge in [-0.25, -0.2) is 0 Å². The molecule has 0 amide bonds. The van der Waals surface area contributed by atoms with Crippen molar-refractivity contribution < 1.29 is 10.1 Å². The summed E-state index contributed by atoms with van der Waals surface area (Å²) < 4.78 is 5.70. The minimum Gasteiger partial charge on any atom is -0.492 e. The van der Waals surface area contributed by atoms with E-state index in [1.54, 1.807) is 6.07 Å². The largest absolute Gasteiger partial charge is 0.492 e. The zero-order valence-electron chi connectivity index (χ0n) is 10.7. The molecule has 2 N–H and O–H groups in total. The molecule has 100 valence electrons. The van der Waals surface area contributed by atoms with Gasteiger partial charge >= 0.3 is 0 Å². The monoisotopic (exact) mass is 288 g/mol. The fourth-order valence-electron chi connectivity index (χ4n) is 1.67. The summed E-state index contributed by atoms with van der Waals surface area (Å²) in [6.45, 7) is 8.39. The van der Waals surface area contributed by atoms with Crippen molar-refractivity contribution in [3.8, 4) is 5.75 Å². The summed E-state index contributed by atoms with van der Waals surface area (Å²) in [6, 6.07) is 3.57. The average Bonchev–Trinajstić information content (AvgIpc) is 2.30. The SMILES string of the molecule is C=CC[NH2+]CCCCOc1c(C)cc(Cl)cc1Cl. The highest BCUT2D eigenvalue weighted by Gasteiger charge is 2.07. The molecule has 1 aromatic rings. The van der Waals surface area contributed by atoms with Gasteiger partial charge in [0.25, 0.3) is 0 Å². The molecular formula is C14H20Cl2NO+. The smallest absolute Gasteiger partial charge is 0.140 e. The van der Waals surface area contributed by atoms with E-state index in [1.807, 2.05) is 19.1 Å². The third-order valence-corrected chi connectivity index (χ3v) is 3.08. The van der Waals surface area contributed by atoms with Gasteiger partial charge in [0.2, 0.25) is 0 Å². The van der Waals surface area contributed by atoms with Gasteiger partial charge in [-0.2, -0.15) is 0 Å². The zero-order chi connectivity index (χ0) is 13.4. The Morgan fingerprint density at radius 3 is 2.78 bits per heavy atom. The van der Waals surface area contributed by atoms with E-state index < -0.39 is 0 Å². The molecule has 0 fully saturated rings. The number of hydrogen-bond acceptors (Lipinski definition) is 1. The van der Waals surface area contributed by atoms with Crippen molar-refractivity contribution in [2.75, 3.05) is 19.7 Å². The Hall–Kier alpha value is -0.700. The topological polar surface area (TPSA) is 25.8 Å². The van der Waals surface area contributed by atoms with Crippen LogP contribution in [0.25, 0.3) is 0 Å². The van der Waals surface area contributed by atoms with Crippen LogP contribution in [-0.2, 0) is 0 Å². The van der Waals surface area contributed by atoms with Gasteiger partial charge in [0.1, 0.15) is 5.75 Å². The van der Waals surface area contributed by atoms with Crippen LogP contribution < -0.4 is 10.1 Å². The lowest BCUT2D eigenvalue weighted by atomic mass is 10.2. The van der Waals surface area contributed by atoms with E-state index >= 15 is 0 Å². The number of nitrogens with two attached hydrogens (primary N) is 1. The maximum absolute atomic E-state index is 6.09. The van der Waals surface area contributed by atoms with Crippen LogP contribution >= 0.6 is 23.2 Å². The summed E-state index contributed by atoms with van der Waals surface area (Å²) in [6.07, 6.45) is 4.05. The lowest BCUT2D eigenvalue weighted by Crippen LogP contribution is -2.83. The second kappa shape index (κ2) is 8.41. The first kappa shape index (κ1) is 15.4. The predicted molar refractivity (Wildman–Crippen MR) is 77.8 cm³/mol. The van der Waals surface area contributed by atoms with Gasteiger partial charge in [-0.3, -0.25) is 0 Å². The molecule has 0 spiro atoms. The molecule has 18 heavy (non-hydrogen) atoms. The third kappa shape index (κ3) is 5.30. The fraction of sp³-hybridized carbons (Fsp3) is 0.429. The summed E-state index contributed by atoms with van der Waals surface area (Å²) in [7, 11) is 0. The highest BCUT2D eigenvalue weighted by atomic mass is 35.5. The molecule has 0 aliphatic heterocycles. The lowest BCUT2D eigenvalue weighted by Gasteiger charge is -2.11. The van der Waals surface area contributed by atoms with E-state index in [1.165, 1.54) is 0 Å². The molecule has 0 saturated heterocycles. The van der Waals surface area contributed by atoms with E-state index in [0.717, 1.165) is 37.2 Å². The highest BCUT2D eigenvalue weighted by molar-refractivity contribution is 6.35. The molecule has 0 aromatic heterocycles. The number of quaternary nitrogens is 1. The summed E-state index contributed by atoms with van der Waals surface area (Å²) in [5.74, 6) is 0.746. The van der Waals surface area contributed by atoms with Crippen LogP contribution in [0.5, 0.6) is 5.75 Å². The quantitative estimate of drug-likeness (QED) is 0.577. The van der Waals surface area contributed by atoms with Gasteiger partial charge in [0.15, 0.2) is 0 Å². The standard InChI is InChI=1S/C14H19Cl2NO/c1-3-6-17-7-4-5-8-18-14-11(2)9-12(15)10-13(14)16/h3,9-10,17H,1,4-8H2,2H3/p+1. The van der Waals surface area contributed by atoms with Crippen molar-refractivity contribution in [3.63, 3.8) is 0 Å². The van der Waals surface area contributed by atoms with Crippen LogP contribution in [0.3, 0.4) is 0 Å². The van der Waals surface area contributed by atoms with Crippen LogP contribution in [0.1, 0.15) is 18.4 Å². The van der Waals surface area contributed by atoms with Gasteiger partial charge in [-0.15, -0.1) is 0 Å². The molecule has 0 atom stereocenters. The van der Waals surface area contributed by atoms with Crippen molar-refractivity contribution in [1.82, 2.24) is 0 Å². The Kier molecular flexibility index (Phi) is 7.18. The molecular weight excluding hydrogens is 269 g/mol. The second-order valence-electron chi connectivity index (χ2n) is 4.19. The Balaban J connectivity index is 2.29. The van der Waals surface area contributed by atoms with Gasteiger partial charge < -0.3 is 10.1 Å². The minimum absolute atomic E-state index is 0.582. The number of aryl methyl sites for hydroxylation is 1. The van der Waals surface area contributed by atoms with E-state index in [9.17, 15) is 0 Å². The maximum atomic E-state index is 6.09. The molecule has 0 unspecified atom stereocenters. The summed E-state index contributed by atoms with van der Waals surface area (Å²) in [5, 5.41) is 3.45. The van der Waals surface area contributed by atoms with Crippen LogP contribution in [-0.4, -0.2) is 19.7 Å². The van der Waals surface area contributed by atoms with Crippen molar-refractivity contribution in [3.05, 3.63) is 40.4 Å². The Labute approximate surface area is 119 Å². The first-order valence-corrected chi connectivity index (χ1v) is 6.91. The van der Waals surface area contributed by atoms with Crippen molar-refractivity contribution >= 4 is 23.2 Å². The highest BCUT2D eigenvalue weighted by Crippen LogP contribution is 2.31. The molecule has 0 bridgehead atoms. The summed E-state index contributed by atoms with van der Waals surface area (Å²) in [5.41, 5.74) is 0.978. The Bertz CT molecular complexity index is 370. The van der Waals surface area contributed by atoms with E-state index in [-0.39, 0.29) is 0 Å². The number of benzene rings is 1. The Morgan fingerprint density at radius 2 is 2.11 bits per heavy atom. The molecule has 2 nitrogen and oxygen atoms in total. The van der Waals surface area contributed by atoms with Crippen LogP contribution in [0.15, 0.2) is 24.8 Å². The number of unbranched alkanes of at least 4 members (excludes halogenated alkanes) is 1. The first-order valence-electron chi connectivity index (χ1n) is 6.16. The predicted octanol–water partition coefficient (Wildman–Crippen LogP) is 3.21. The first-order chi connectivity index (χ1) is 8.65. The average molecular weight is 289 g/mol. The maximum Gasteiger partial charge on any atom is 0.140 e. The fourth-order valence-corrected chi connectivity index (χ4v) is 2.32. The third-order valence-electron chi connectivity index (χ3n) is 2.58. The van der Waals surface area contributed by atoms with Gasteiger partial charge in [-0.1, -0.05) is 29.8 Å². The normalized spacial score (nSPS) is 10.4. The number of rotatable bonds is 8. The van der Waals surface area contributed by atoms with Gasteiger partial charge in [-0.05, 0) is 43.5 Å². The molecule has 0 aliphatic carbocycles. The van der Waals surface area contributed by atoms with Gasteiger partial charge in [0, 0.05) is 5.02 Å². The Morgan fingerprint density at radius 1 is 1.33 bits per heavy atom. The number of hydrogen-bond donors (Lipinski definition) is 1. The van der Waals surface area contributed by atoms with Crippen LogP contribution in [0.2, 0.25) is 10.0 Å². The lowest BCUT2D eigenvalue weighted by molar-refractivity contribution is -0.646. The molecule has 0 heterocycles. The molecule has 4 heteroatoms. The van der Waals surface area contributed by atoms with Gasteiger partial charge in [0.05, 0.1) is 24.7 Å².